The molecule has 0 radical (unpaired) electrons. The highest BCUT2D eigenvalue weighted by Crippen LogP contribution is 2.18. The topological polar surface area (TPSA) is 83.9 Å². The molecule has 6 nitrogen and oxygen atoms in total. The Morgan fingerprint density at radius 2 is 1.89 bits per heavy atom. The molecule has 0 bridgehead atoms. The number of nitrogens with zero attached hydrogens (tertiary/aromatic N) is 1. The molecule has 0 amide bonds. The molecule has 0 aromatic heterocycles. The number of methoxy groups -OCH3 is 1. The van der Waals surface area contributed by atoms with E-state index in [4.69, 9.17) is 9.84 Å². The lowest BCUT2D eigenvalue weighted by molar-refractivity contribution is -0.135. The van der Waals surface area contributed by atoms with E-state index in [1.54, 1.807) is 24.3 Å². The quantitative estimate of drug-likeness (QED) is 0.804. The maximum atomic E-state index is 12.1. The van der Waals surface area contributed by atoms with Crippen LogP contribution in [0.3, 0.4) is 0 Å². The molecular weight excluding hydrogens is 270 g/mol. The van der Waals surface area contributed by atoms with E-state index in [-0.39, 0.29) is 12.4 Å². The van der Waals surface area contributed by atoms with Crippen molar-refractivity contribution in [3.63, 3.8) is 0 Å². The van der Waals surface area contributed by atoms with E-state index in [0.29, 0.717) is 5.69 Å². The van der Waals surface area contributed by atoms with Crippen LogP contribution in [-0.4, -0.2) is 45.5 Å². The van der Waals surface area contributed by atoms with E-state index >= 15 is 0 Å². The lowest BCUT2D eigenvalue weighted by Crippen LogP contribution is -2.38. The minimum absolute atomic E-state index is 0.0182. The third kappa shape index (κ3) is 4.53. The van der Waals surface area contributed by atoms with E-state index in [9.17, 15) is 13.2 Å². The van der Waals surface area contributed by atoms with E-state index in [1.165, 1.54) is 7.11 Å². The van der Waals surface area contributed by atoms with Gasteiger partial charge in [0.15, 0.2) is 0 Å². The number of sulfonamides is 1. The van der Waals surface area contributed by atoms with Crippen molar-refractivity contribution < 1.29 is 23.1 Å². The summed E-state index contributed by atoms with van der Waals surface area (Å²) in [4.78, 5) is 10.8. The van der Waals surface area contributed by atoms with Crippen LogP contribution in [-0.2, 0) is 19.6 Å². The van der Waals surface area contributed by atoms with Crippen molar-refractivity contribution in [3.05, 3.63) is 29.8 Å². The molecule has 106 valence electrons. The van der Waals surface area contributed by atoms with E-state index < -0.39 is 22.5 Å². The number of ether oxygens (including phenoxy) is 1. The zero-order valence-electron chi connectivity index (χ0n) is 10.9. The first-order valence-electron chi connectivity index (χ1n) is 5.64. The molecule has 0 atom stereocenters. The van der Waals surface area contributed by atoms with Gasteiger partial charge in [-0.1, -0.05) is 17.7 Å². The number of rotatable bonds is 7. The number of aliphatic carboxylic acids is 1. The minimum atomic E-state index is -3.72. The Bertz CT molecular complexity index is 524. The predicted octanol–water partition coefficient (Wildman–Crippen LogP) is 0.862. The fourth-order valence-corrected chi connectivity index (χ4v) is 2.83. The Morgan fingerprint density at radius 1 is 1.32 bits per heavy atom. The summed E-state index contributed by atoms with van der Waals surface area (Å²) in [6.07, 6.45) is 0. The van der Waals surface area contributed by atoms with Gasteiger partial charge in [0.25, 0.3) is 0 Å². The Labute approximate surface area is 112 Å². The summed E-state index contributed by atoms with van der Waals surface area (Å²) in [5.41, 5.74) is 1.30. The molecule has 1 rings (SSSR count). The van der Waals surface area contributed by atoms with Gasteiger partial charge >= 0.3 is 5.97 Å². The largest absolute Gasteiger partial charge is 0.480 e. The first-order chi connectivity index (χ1) is 8.86. The number of hydrogen-bond donors (Lipinski definition) is 1. The van der Waals surface area contributed by atoms with Crippen molar-refractivity contribution in [1.82, 2.24) is 0 Å². The number of carboxylic acid groups (broad SMARTS) is 1. The van der Waals surface area contributed by atoms with Crippen LogP contribution < -0.4 is 4.31 Å². The van der Waals surface area contributed by atoms with Gasteiger partial charge in [0.05, 0.1) is 18.0 Å². The monoisotopic (exact) mass is 287 g/mol. The van der Waals surface area contributed by atoms with Crippen LogP contribution in [0.2, 0.25) is 0 Å². The van der Waals surface area contributed by atoms with E-state index in [0.717, 1.165) is 9.87 Å². The lowest BCUT2D eigenvalue weighted by atomic mass is 10.2. The second kappa shape index (κ2) is 6.53. The second-order valence-electron chi connectivity index (χ2n) is 4.04. The summed E-state index contributed by atoms with van der Waals surface area (Å²) in [7, 11) is -2.33. The maximum Gasteiger partial charge on any atom is 0.324 e. The standard InChI is InChI=1S/C12H17NO5S/c1-10-3-5-11(6-4-10)13(9-12(14)15)19(16,17)8-7-18-2/h3-6H,7-9H2,1-2H3,(H,14,15). The first kappa shape index (κ1) is 15.5. The number of anilines is 1. The van der Waals surface area contributed by atoms with Gasteiger partial charge in [-0.25, -0.2) is 8.42 Å². The third-order valence-electron chi connectivity index (χ3n) is 2.48. The summed E-state index contributed by atoms with van der Waals surface area (Å²) >= 11 is 0. The summed E-state index contributed by atoms with van der Waals surface area (Å²) in [6.45, 7) is 1.28. The molecule has 0 saturated heterocycles. The molecule has 0 unspecified atom stereocenters. The molecule has 0 aliphatic rings. The smallest absolute Gasteiger partial charge is 0.324 e. The Kier molecular flexibility index (Phi) is 5.31. The van der Waals surface area contributed by atoms with Crippen molar-refractivity contribution >= 4 is 21.7 Å². The van der Waals surface area contributed by atoms with Gasteiger partial charge in [-0.15, -0.1) is 0 Å². The first-order valence-corrected chi connectivity index (χ1v) is 7.25. The zero-order valence-corrected chi connectivity index (χ0v) is 11.7. The fraction of sp³-hybridized carbons (Fsp3) is 0.417. The van der Waals surface area contributed by atoms with Crippen LogP contribution in [0.15, 0.2) is 24.3 Å². The Morgan fingerprint density at radius 3 is 2.37 bits per heavy atom. The molecular formula is C12H17NO5S. The van der Waals surface area contributed by atoms with Crippen molar-refractivity contribution in [2.24, 2.45) is 0 Å². The molecule has 1 aromatic carbocycles. The van der Waals surface area contributed by atoms with Crippen molar-refractivity contribution in [3.8, 4) is 0 Å². The molecule has 0 spiro atoms. The zero-order chi connectivity index (χ0) is 14.5. The summed E-state index contributed by atoms with van der Waals surface area (Å²) < 4.78 is 29.8. The van der Waals surface area contributed by atoms with E-state index in [2.05, 4.69) is 0 Å². The molecule has 0 heterocycles. The van der Waals surface area contributed by atoms with Crippen LogP contribution in [0, 0.1) is 6.92 Å². The van der Waals surface area contributed by atoms with Gasteiger partial charge in [0.2, 0.25) is 10.0 Å². The van der Waals surface area contributed by atoms with Crippen LogP contribution in [0.1, 0.15) is 5.56 Å². The second-order valence-corrected chi connectivity index (χ2v) is 6.06. The van der Waals surface area contributed by atoms with Gasteiger partial charge < -0.3 is 9.84 Å². The number of hydrogen-bond acceptors (Lipinski definition) is 4. The van der Waals surface area contributed by atoms with Crippen LogP contribution in [0.5, 0.6) is 0 Å². The highest BCUT2D eigenvalue weighted by atomic mass is 32.2. The minimum Gasteiger partial charge on any atom is -0.480 e. The molecule has 7 heteroatoms. The molecule has 1 aromatic rings. The van der Waals surface area contributed by atoms with Crippen molar-refractivity contribution in [2.75, 3.05) is 30.3 Å². The van der Waals surface area contributed by atoms with Crippen molar-refractivity contribution in [2.45, 2.75) is 6.92 Å². The Balaban J connectivity index is 3.07. The van der Waals surface area contributed by atoms with Gasteiger partial charge in [-0.2, -0.15) is 0 Å². The fourth-order valence-electron chi connectivity index (χ4n) is 1.48. The van der Waals surface area contributed by atoms with Crippen LogP contribution in [0.4, 0.5) is 5.69 Å². The molecule has 0 aliphatic heterocycles. The van der Waals surface area contributed by atoms with Gasteiger partial charge in [-0.05, 0) is 19.1 Å². The van der Waals surface area contributed by atoms with Gasteiger partial charge in [-0.3, -0.25) is 9.10 Å². The molecule has 1 N–H and O–H groups in total. The van der Waals surface area contributed by atoms with Gasteiger partial charge in [0.1, 0.15) is 6.54 Å². The third-order valence-corrected chi connectivity index (χ3v) is 4.18. The number of carbonyl (C=O) groups is 1. The SMILES string of the molecule is COCCS(=O)(=O)N(CC(=O)O)c1ccc(C)cc1. The average molecular weight is 287 g/mol. The normalized spacial score (nSPS) is 11.3. The lowest BCUT2D eigenvalue weighted by Gasteiger charge is -2.22. The highest BCUT2D eigenvalue weighted by molar-refractivity contribution is 7.92. The number of carboxylic acids is 1. The van der Waals surface area contributed by atoms with Gasteiger partial charge in [0, 0.05) is 7.11 Å². The highest BCUT2D eigenvalue weighted by Gasteiger charge is 2.24. The summed E-state index contributed by atoms with van der Waals surface area (Å²) in [5.74, 6) is -1.47. The average Bonchev–Trinajstić information content (AvgIpc) is 2.34. The molecule has 0 aliphatic carbocycles. The van der Waals surface area contributed by atoms with Crippen molar-refractivity contribution in [1.29, 1.82) is 0 Å². The number of aryl methyl sites for hydroxylation is 1. The maximum absolute atomic E-state index is 12.1. The summed E-state index contributed by atoms with van der Waals surface area (Å²) in [6, 6.07) is 6.64. The molecule has 19 heavy (non-hydrogen) atoms. The molecule has 0 saturated carbocycles. The van der Waals surface area contributed by atoms with Crippen LogP contribution >= 0.6 is 0 Å². The van der Waals surface area contributed by atoms with E-state index in [1.807, 2.05) is 6.92 Å². The van der Waals surface area contributed by atoms with Crippen LogP contribution in [0.25, 0.3) is 0 Å². The number of benzene rings is 1. The predicted molar refractivity (Wildman–Crippen MR) is 71.8 cm³/mol. The summed E-state index contributed by atoms with van der Waals surface area (Å²) in [5, 5.41) is 8.85. The molecule has 0 fully saturated rings. The Hall–Kier alpha value is -1.60.